The van der Waals surface area contributed by atoms with Crippen molar-refractivity contribution in [3.05, 3.63) is 82.3 Å². The number of para-hydroxylation sites is 1. The van der Waals surface area contributed by atoms with Gasteiger partial charge in [-0.25, -0.2) is 8.42 Å². The van der Waals surface area contributed by atoms with E-state index in [-0.39, 0.29) is 18.5 Å². The summed E-state index contributed by atoms with van der Waals surface area (Å²) in [4.78, 5) is 19.9. The van der Waals surface area contributed by atoms with E-state index in [1.54, 1.807) is 36.3 Å². The number of amides is 1. The second-order valence-electron chi connectivity index (χ2n) is 10.5. The summed E-state index contributed by atoms with van der Waals surface area (Å²) in [5.74, 6) is -0.0628. The number of carbonyl (C=O) groups is 1. The van der Waals surface area contributed by atoms with Gasteiger partial charge >= 0.3 is 0 Å². The van der Waals surface area contributed by atoms with Crippen LogP contribution in [0.4, 0.5) is 11.4 Å². The van der Waals surface area contributed by atoms with Crippen LogP contribution in [0.15, 0.2) is 66.7 Å². The number of hydrogen-bond acceptors (Lipinski definition) is 7. The van der Waals surface area contributed by atoms with E-state index in [2.05, 4.69) is 9.62 Å². The van der Waals surface area contributed by atoms with E-state index in [0.717, 1.165) is 41.7 Å². The average Bonchev–Trinajstić information content (AvgIpc) is 2.99. The Morgan fingerprint density at radius 1 is 1.05 bits per heavy atom. The van der Waals surface area contributed by atoms with E-state index >= 15 is 0 Å². The fraction of sp³-hybridized carbons (Fsp3) is 0.387. The standard InChI is InChI=1S/C31H38Cl2N4O5S/c1-35(31(38)22-37(16-17-41-2)25-12-13-27(32)28(33)20-25)30(21-36-14-18-42-19-15-36)24-10-8-23(9-11-24)26-6-4-5-7-29(26)34-43(3,39)40/h4-13,20,30,34H,14-19,21-22H2,1-3H3. The Bertz CT molecular complexity index is 1480. The van der Waals surface area contributed by atoms with Crippen molar-refractivity contribution in [3.63, 3.8) is 0 Å². The number of methoxy groups -OCH3 is 1. The van der Waals surface area contributed by atoms with Gasteiger partial charge in [0.05, 0.1) is 54.4 Å². The fourth-order valence-corrected chi connectivity index (χ4v) is 5.89. The molecule has 12 heteroatoms. The molecule has 1 saturated heterocycles. The van der Waals surface area contributed by atoms with Crippen molar-refractivity contribution >= 4 is 50.5 Å². The minimum absolute atomic E-state index is 0.0628. The summed E-state index contributed by atoms with van der Waals surface area (Å²) < 4.78 is 37.3. The summed E-state index contributed by atoms with van der Waals surface area (Å²) in [6.45, 7) is 4.56. The molecule has 1 unspecified atom stereocenters. The normalized spacial score (nSPS) is 14.7. The van der Waals surface area contributed by atoms with Crippen molar-refractivity contribution < 1.29 is 22.7 Å². The van der Waals surface area contributed by atoms with E-state index in [9.17, 15) is 13.2 Å². The summed E-state index contributed by atoms with van der Waals surface area (Å²) in [5.41, 5.74) is 3.89. The largest absolute Gasteiger partial charge is 0.383 e. The van der Waals surface area contributed by atoms with Crippen LogP contribution < -0.4 is 9.62 Å². The van der Waals surface area contributed by atoms with Crippen LogP contribution in [-0.4, -0.2) is 97.1 Å². The lowest BCUT2D eigenvalue weighted by molar-refractivity contribution is -0.131. The minimum Gasteiger partial charge on any atom is -0.383 e. The number of anilines is 2. The third kappa shape index (κ3) is 9.31. The van der Waals surface area contributed by atoms with Crippen LogP contribution in [-0.2, 0) is 24.3 Å². The van der Waals surface area contributed by atoms with E-state index in [4.69, 9.17) is 32.7 Å². The Kier molecular flexibility index (Phi) is 11.7. The van der Waals surface area contributed by atoms with E-state index in [0.29, 0.717) is 48.6 Å². The number of rotatable bonds is 13. The topological polar surface area (TPSA) is 91.4 Å². The first-order chi connectivity index (χ1) is 20.6. The molecule has 3 aromatic carbocycles. The molecule has 1 amide bonds. The summed E-state index contributed by atoms with van der Waals surface area (Å²) in [5, 5.41) is 0.866. The zero-order valence-corrected chi connectivity index (χ0v) is 27.0. The zero-order chi connectivity index (χ0) is 31.0. The van der Waals surface area contributed by atoms with Crippen molar-refractivity contribution in [2.24, 2.45) is 0 Å². The number of hydrogen-bond donors (Lipinski definition) is 1. The second kappa shape index (κ2) is 15.2. The van der Waals surface area contributed by atoms with Gasteiger partial charge in [0, 0.05) is 51.6 Å². The smallest absolute Gasteiger partial charge is 0.242 e. The first-order valence-electron chi connectivity index (χ1n) is 14.0. The van der Waals surface area contributed by atoms with Gasteiger partial charge in [-0.15, -0.1) is 0 Å². The highest BCUT2D eigenvalue weighted by Gasteiger charge is 2.27. The molecule has 4 rings (SSSR count). The van der Waals surface area contributed by atoms with E-state index in [1.807, 2.05) is 54.4 Å². The quantitative estimate of drug-likeness (QED) is 0.278. The van der Waals surface area contributed by atoms with Gasteiger partial charge in [-0.1, -0.05) is 65.7 Å². The van der Waals surface area contributed by atoms with Gasteiger partial charge in [-0.05, 0) is 35.4 Å². The maximum atomic E-state index is 13.8. The number of benzene rings is 3. The molecule has 0 bridgehead atoms. The Morgan fingerprint density at radius 2 is 1.74 bits per heavy atom. The van der Waals surface area contributed by atoms with E-state index < -0.39 is 10.0 Å². The zero-order valence-electron chi connectivity index (χ0n) is 24.6. The van der Waals surface area contributed by atoms with Crippen molar-refractivity contribution in [1.82, 2.24) is 9.80 Å². The molecule has 0 radical (unpaired) electrons. The number of carbonyl (C=O) groups excluding carboxylic acids is 1. The van der Waals surface area contributed by atoms with Gasteiger partial charge < -0.3 is 19.3 Å². The summed E-state index contributed by atoms with van der Waals surface area (Å²) in [6.07, 6.45) is 1.13. The Hall–Kier alpha value is -2.86. The summed E-state index contributed by atoms with van der Waals surface area (Å²) >= 11 is 12.4. The lowest BCUT2D eigenvalue weighted by Crippen LogP contribution is -2.46. The number of halogens is 2. The Morgan fingerprint density at radius 3 is 2.40 bits per heavy atom. The van der Waals surface area contributed by atoms with Crippen LogP contribution in [0.5, 0.6) is 0 Å². The van der Waals surface area contributed by atoms with Crippen molar-refractivity contribution in [2.75, 3.05) is 82.6 Å². The molecule has 3 aromatic rings. The van der Waals surface area contributed by atoms with Gasteiger partial charge in [0.25, 0.3) is 0 Å². The Labute approximate surface area is 264 Å². The maximum Gasteiger partial charge on any atom is 0.242 e. The van der Waals surface area contributed by atoms with Crippen molar-refractivity contribution in [2.45, 2.75) is 6.04 Å². The molecule has 0 aromatic heterocycles. The fourth-order valence-electron chi connectivity index (χ4n) is 5.02. The van der Waals surface area contributed by atoms with Crippen molar-refractivity contribution in [1.29, 1.82) is 0 Å². The van der Waals surface area contributed by atoms with Gasteiger partial charge in [0.15, 0.2) is 0 Å². The van der Waals surface area contributed by atoms with Crippen molar-refractivity contribution in [3.8, 4) is 11.1 Å². The number of nitrogens with zero attached hydrogens (tertiary/aromatic N) is 3. The molecule has 9 nitrogen and oxygen atoms in total. The molecular formula is C31H38Cl2N4O5S. The summed E-state index contributed by atoms with van der Waals surface area (Å²) in [7, 11) is 0.0102. The predicted molar refractivity (Wildman–Crippen MR) is 174 cm³/mol. The minimum atomic E-state index is -3.44. The molecule has 1 aliphatic heterocycles. The monoisotopic (exact) mass is 648 g/mol. The second-order valence-corrected chi connectivity index (χ2v) is 13.1. The van der Waals surface area contributed by atoms with Gasteiger partial charge in [-0.3, -0.25) is 14.4 Å². The van der Waals surface area contributed by atoms with E-state index in [1.165, 1.54) is 0 Å². The molecule has 232 valence electrons. The lowest BCUT2D eigenvalue weighted by atomic mass is 9.98. The highest BCUT2D eigenvalue weighted by Crippen LogP contribution is 2.31. The molecule has 0 saturated carbocycles. The first-order valence-corrected chi connectivity index (χ1v) is 16.6. The van der Waals surface area contributed by atoms with Crippen LogP contribution in [0.1, 0.15) is 11.6 Å². The van der Waals surface area contributed by atoms with Crippen LogP contribution in [0.25, 0.3) is 11.1 Å². The Balaban J connectivity index is 1.60. The third-order valence-electron chi connectivity index (χ3n) is 7.38. The number of ether oxygens (including phenoxy) is 2. The van der Waals surface area contributed by atoms with Crippen LogP contribution in [0.3, 0.4) is 0 Å². The molecular weight excluding hydrogens is 611 g/mol. The molecule has 0 spiro atoms. The molecule has 1 aliphatic rings. The van der Waals surface area contributed by atoms with Gasteiger partial charge in [0.1, 0.15) is 0 Å². The molecule has 43 heavy (non-hydrogen) atoms. The van der Waals surface area contributed by atoms with Crippen LogP contribution >= 0.6 is 23.2 Å². The average molecular weight is 650 g/mol. The molecule has 1 heterocycles. The number of sulfonamides is 1. The van der Waals surface area contributed by atoms with Gasteiger partial charge in [-0.2, -0.15) is 0 Å². The maximum absolute atomic E-state index is 13.8. The number of likely N-dealkylation sites (N-methyl/N-ethyl adjacent to an activating group) is 1. The van der Waals surface area contributed by atoms with Crippen LogP contribution in [0.2, 0.25) is 10.0 Å². The lowest BCUT2D eigenvalue weighted by Gasteiger charge is -2.36. The molecule has 0 aliphatic carbocycles. The number of morpholine rings is 1. The first kappa shape index (κ1) is 33.0. The molecule has 1 atom stereocenters. The SMILES string of the molecule is COCCN(CC(=O)N(C)C(CN1CCOCC1)c1ccc(-c2ccccc2NS(C)(=O)=O)cc1)c1ccc(Cl)c(Cl)c1. The predicted octanol–water partition coefficient (Wildman–Crippen LogP) is 5.02. The number of nitrogens with one attached hydrogen (secondary N) is 1. The third-order valence-corrected chi connectivity index (χ3v) is 8.71. The molecule has 1 N–H and O–H groups in total. The molecule has 1 fully saturated rings. The highest BCUT2D eigenvalue weighted by atomic mass is 35.5. The summed E-state index contributed by atoms with van der Waals surface area (Å²) in [6, 6.07) is 20.3. The van der Waals surface area contributed by atoms with Gasteiger partial charge in [0.2, 0.25) is 15.9 Å². The highest BCUT2D eigenvalue weighted by molar-refractivity contribution is 7.92. The van der Waals surface area contributed by atoms with Crippen LogP contribution in [0, 0.1) is 0 Å².